The zero-order valence-corrected chi connectivity index (χ0v) is 13.4. The summed E-state index contributed by atoms with van der Waals surface area (Å²) in [4.78, 5) is 11.3. The molecule has 0 spiro atoms. The largest absolute Gasteiger partial charge is 0.510 e. The Hall–Kier alpha value is -1.82. The van der Waals surface area contributed by atoms with Crippen molar-refractivity contribution in [2.24, 2.45) is 0 Å². The van der Waals surface area contributed by atoms with Gasteiger partial charge in [0.05, 0.1) is 13.2 Å². The minimum atomic E-state index is -0.753. The van der Waals surface area contributed by atoms with Gasteiger partial charge in [-0.25, -0.2) is 9.18 Å². The van der Waals surface area contributed by atoms with Crippen molar-refractivity contribution in [3.8, 4) is 5.75 Å². The van der Waals surface area contributed by atoms with Crippen molar-refractivity contribution in [2.75, 3.05) is 19.8 Å². The zero-order valence-electron chi connectivity index (χ0n) is 13.4. The third kappa shape index (κ3) is 6.44. The van der Waals surface area contributed by atoms with E-state index in [0.29, 0.717) is 32.0 Å². The van der Waals surface area contributed by atoms with Crippen LogP contribution in [0, 0.1) is 5.82 Å². The van der Waals surface area contributed by atoms with Crippen LogP contribution in [0.5, 0.6) is 5.75 Å². The molecule has 0 bridgehead atoms. The molecule has 1 aromatic rings. The number of carbonyl (C=O) groups is 1. The minimum Gasteiger partial charge on any atom is -0.494 e. The van der Waals surface area contributed by atoms with Gasteiger partial charge in [-0.15, -0.1) is 0 Å². The maximum absolute atomic E-state index is 12.7. The predicted octanol–water partition coefficient (Wildman–Crippen LogP) is 4.05. The second-order valence-electron chi connectivity index (χ2n) is 5.45. The SMILES string of the molecule is CCOC(=O)OC1(CCCCCCOc2ccc(F)cc2)CO1. The quantitative estimate of drug-likeness (QED) is 0.369. The lowest BCUT2D eigenvalue weighted by atomic mass is 10.1. The Balaban J connectivity index is 1.49. The number of epoxide rings is 1. The van der Waals surface area contributed by atoms with E-state index in [9.17, 15) is 9.18 Å². The van der Waals surface area contributed by atoms with E-state index in [1.807, 2.05) is 0 Å². The van der Waals surface area contributed by atoms with Crippen molar-refractivity contribution in [1.29, 1.82) is 0 Å². The molecule has 0 radical (unpaired) electrons. The van der Waals surface area contributed by atoms with Crippen molar-refractivity contribution in [3.05, 3.63) is 30.1 Å². The van der Waals surface area contributed by atoms with Crippen LogP contribution in [0.15, 0.2) is 24.3 Å². The number of carbonyl (C=O) groups excluding carboxylic acids is 1. The van der Waals surface area contributed by atoms with Gasteiger partial charge in [0.2, 0.25) is 5.79 Å². The molecule has 1 unspecified atom stereocenters. The standard InChI is InChI=1S/C17H23FO5/c1-2-20-16(19)23-17(13-22-17)11-5-3-4-6-12-21-15-9-7-14(18)8-10-15/h7-10H,2-6,11-13H2,1H3. The zero-order chi connectivity index (χ0) is 16.5. The molecule has 1 fully saturated rings. The molecule has 1 aliphatic heterocycles. The van der Waals surface area contributed by atoms with E-state index in [0.717, 1.165) is 25.7 Å². The Morgan fingerprint density at radius 2 is 1.91 bits per heavy atom. The summed E-state index contributed by atoms with van der Waals surface area (Å²) in [7, 11) is 0. The molecule has 128 valence electrons. The molecular weight excluding hydrogens is 303 g/mol. The van der Waals surface area contributed by atoms with Crippen LogP contribution in [0.4, 0.5) is 9.18 Å². The average Bonchev–Trinajstić information content (AvgIpc) is 3.28. The first-order valence-corrected chi connectivity index (χ1v) is 8.02. The fourth-order valence-electron chi connectivity index (χ4n) is 2.20. The average molecular weight is 326 g/mol. The Kier molecular flexibility index (Phi) is 6.65. The maximum atomic E-state index is 12.7. The third-order valence-corrected chi connectivity index (χ3v) is 3.53. The summed E-state index contributed by atoms with van der Waals surface area (Å²) < 4.78 is 33.4. The molecule has 1 atom stereocenters. The Morgan fingerprint density at radius 3 is 2.57 bits per heavy atom. The van der Waals surface area contributed by atoms with Crippen LogP contribution < -0.4 is 4.74 Å². The summed E-state index contributed by atoms with van der Waals surface area (Å²) in [5.74, 6) is -0.338. The van der Waals surface area contributed by atoms with Crippen LogP contribution in [-0.4, -0.2) is 31.8 Å². The van der Waals surface area contributed by atoms with Crippen molar-refractivity contribution >= 4 is 6.16 Å². The molecule has 23 heavy (non-hydrogen) atoms. The molecule has 6 heteroatoms. The molecule has 5 nitrogen and oxygen atoms in total. The lowest BCUT2D eigenvalue weighted by Gasteiger charge is -2.12. The van der Waals surface area contributed by atoms with Crippen LogP contribution >= 0.6 is 0 Å². The topological polar surface area (TPSA) is 57.3 Å². The van der Waals surface area contributed by atoms with E-state index in [2.05, 4.69) is 0 Å². The number of rotatable bonds is 10. The van der Waals surface area contributed by atoms with Gasteiger partial charge >= 0.3 is 6.16 Å². The molecule has 0 N–H and O–H groups in total. The van der Waals surface area contributed by atoms with Gasteiger partial charge in [0, 0.05) is 6.42 Å². The molecule has 1 saturated heterocycles. The lowest BCUT2D eigenvalue weighted by Crippen LogP contribution is -2.22. The first-order valence-electron chi connectivity index (χ1n) is 8.02. The van der Waals surface area contributed by atoms with E-state index in [1.165, 1.54) is 12.1 Å². The van der Waals surface area contributed by atoms with E-state index in [-0.39, 0.29) is 5.82 Å². The Morgan fingerprint density at radius 1 is 1.22 bits per heavy atom. The summed E-state index contributed by atoms with van der Waals surface area (Å²) in [6.07, 6.45) is 3.86. The van der Waals surface area contributed by atoms with Gasteiger partial charge in [0.15, 0.2) is 0 Å². The number of halogens is 1. The number of hydrogen-bond acceptors (Lipinski definition) is 5. The first kappa shape index (κ1) is 17.5. The van der Waals surface area contributed by atoms with Crippen molar-refractivity contribution in [2.45, 2.75) is 44.8 Å². The van der Waals surface area contributed by atoms with Crippen LogP contribution in [0.1, 0.15) is 39.0 Å². The van der Waals surface area contributed by atoms with E-state index in [4.69, 9.17) is 18.9 Å². The Labute approximate surface area is 135 Å². The molecule has 1 aliphatic rings. The lowest BCUT2D eigenvalue weighted by molar-refractivity contribution is -0.0381. The van der Waals surface area contributed by atoms with Gasteiger partial charge in [-0.2, -0.15) is 0 Å². The van der Waals surface area contributed by atoms with Gasteiger partial charge < -0.3 is 18.9 Å². The molecule has 2 rings (SSSR count). The maximum Gasteiger partial charge on any atom is 0.510 e. The first-order chi connectivity index (χ1) is 11.1. The van der Waals surface area contributed by atoms with Crippen LogP contribution in [0.3, 0.4) is 0 Å². The van der Waals surface area contributed by atoms with Gasteiger partial charge in [0.25, 0.3) is 0 Å². The summed E-state index contributed by atoms with van der Waals surface area (Å²) in [5.41, 5.74) is 0. The molecule has 0 aliphatic carbocycles. The Bertz CT molecular complexity index is 484. The number of ether oxygens (including phenoxy) is 4. The normalized spacial score (nSPS) is 19.2. The number of unbranched alkanes of at least 4 members (excludes halogenated alkanes) is 3. The van der Waals surface area contributed by atoms with E-state index < -0.39 is 11.9 Å². The fraction of sp³-hybridized carbons (Fsp3) is 0.588. The summed E-state index contributed by atoms with van der Waals surface area (Å²) in [5, 5.41) is 0. The summed E-state index contributed by atoms with van der Waals surface area (Å²) in [6, 6.07) is 6.01. The number of benzene rings is 1. The van der Waals surface area contributed by atoms with Gasteiger partial charge in [0.1, 0.15) is 18.2 Å². The minimum absolute atomic E-state index is 0.265. The summed E-state index contributed by atoms with van der Waals surface area (Å²) in [6.45, 7) is 3.07. The van der Waals surface area contributed by atoms with E-state index in [1.54, 1.807) is 19.1 Å². The van der Waals surface area contributed by atoms with Gasteiger partial charge in [-0.05, 0) is 44.0 Å². The highest BCUT2D eigenvalue weighted by molar-refractivity contribution is 5.60. The van der Waals surface area contributed by atoms with Gasteiger partial charge in [-0.3, -0.25) is 0 Å². The summed E-state index contributed by atoms with van der Waals surface area (Å²) >= 11 is 0. The second kappa shape index (κ2) is 8.72. The second-order valence-corrected chi connectivity index (χ2v) is 5.45. The third-order valence-electron chi connectivity index (χ3n) is 3.53. The smallest absolute Gasteiger partial charge is 0.494 e. The van der Waals surface area contributed by atoms with Crippen molar-refractivity contribution in [3.63, 3.8) is 0 Å². The van der Waals surface area contributed by atoms with Crippen LogP contribution in [0.25, 0.3) is 0 Å². The van der Waals surface area contributed by atoms with E-state index >= 15 is 0 Å². The molecular formula is C17H23FO5. The molecule has 1 aromatic carbocycles. The highest BCUT2D eigenvalue weighted by atomic mass is 19.1. The van der Waals surface area contributed by atoms with Crippen LogP contribution in [0.2, 0.25) is 0 Å². The number of hydrogen-bond donors (Lipinski definition) is 0. The van der Waals surface area contributed by atoms with Crippen LogP contribution in [-0.2, 0) is 14.2 Å². The van der Waals surface area contributed by atoms with Gasteiger partial charge in [-0.1, -0.05) is 12.8 Å². The molecule has 0 aromatic heterocycles. The predicted molar refractivity (Wildman–Crippen MR) is 81.8 cm³/mol. The molecule has 0 saturated carbocycles. The molecule has 1 heterocycles. The highest BCUT2D eigenvalue weighted by Gasteiger charge is 2.49. The highest BCUT2D eigenvalue weighted by Crippen LogP contribution is 2.34. The van der Waals surface area contributed by atoms with Crippen molar-refractivity contribution < 1.29 is 28.1 Å². The molecule has 0 amide bonds. The van der Waals surface area contributed by atoms with Crippen molar-refractivity contribution in [1.82, 2.24) is 0 Å². The fourth-order valence-corrected chi connectivity index (χ4v) is 2.20. The monoisotopic (exact) mass is 326 g/mol.